The van der Waals surface area contributed by atoms with Crippen molar-refractivity contribution >= 4 is 29.2 Å². The predicted octanol–water partition coefficient (Wildman–Crippen LogP) is 1.21. The summed E-state index contributed by atoms with van der Waals surface area (Å²) in [5.74, 6) is 0. The summed E-state index contributed by atoms with van der Waals surface area (Å²) in [6, 6.07) is 9.01. The van der Waals surface area contributed by atoms with Crippen LogP contribution in [0.15, 0.2) is 35.2 Å². The molecule has 90 valence electrons. The molecule has 0 amide bonds. The summed E-state index contributed by atoms with van der Waals surface area (Å²) in [7, 11) is -2.67. The van der Waals surface area contributed by atoms with Crippen LogP contribution in [0.5, 0.6) is 0 Å². The highest BCUT2D eigenvalue weighted by atomic mass is 33.1. The van der Waals surface area contributed by atoms with Crippen molar-refractivity contribution in [2.24, 2.45) is 5.73 Å². The lowest BCUT2D eigenvalue weighted by Gasteiger charge is -2.26. The quantitative estimate of drug-likeness (QED) is 0.365. The zero-order valence-electron chi connectivity index (χ0n) is 8.18. The Labute approximate surface area is 101 Å². The van der Waals surface area contributed by atoms with E-state index in [1.54, 1.807) is 24.3 Å². The van der Waals surface area contributed by atoms with E-state index in [9.17, 15) is 4.57 Å². The minimum absolute atomic E-state index is 0.765. The van der Waals surface area contributed by atoms with E-state index in [-0.39, 0.29) is 0 Å². The van der Waals surface area contributed by atoms with E-state index >= 15 is 0 Å². The molecule has 5 N–H and O–H groups in total. The molecule has 0 bridgehead atoms. The normalized spacial score (nSPS) is 15.8. The molecular weight excluding hydrogens is 269 g/mol. The van der Waals surface area contributed by atoms with E-state index in [1.165, 1.54) is 0 Å². The lowest BCUT2D eigenvalue weighted by atomic mass is 10.4. The molecule has 8 heteroatoms. The predicted molar refractivity (Wildman–Crippen MR) is 65.9 cm³/mol. The Morgan fingerprint density at radius 1 is 1.31 bits per heavy atom. The maximum atomic E-state index is 11.1. The van der Waals surface area contributed by atoms with Gasteiger partial charge in [0.25, 0.3) is 0 Å². The highest BCUT2D eigenvalue weighted by Crippen LogP contribution is 2.57. The average Bonchev–Trinajstić information content (AvgIpc) is 2.26. The first-order chi connectivity index (χ1) is 7.39. The van der Waals surface area contributed by atoms with Gasteiger partial charge in [0, 0.05) is 4.90 Å². The highest BCUT2D eigenvalue weighted by Gasteiger charge is 2.44. The van der Waals surface area contributed by atoms with Gasteiger partial charge in [0.2, 0.25) is 0 Å². The number of nitrogens with two attached hydrogens (primary N) is 1. The fourth-order valence-corrected chi connectivity index (χ4v) is 4.32. The Bertz CT molecular complexity index is 385. The maximum absolute atomic E-state index is 11.1. The molecule has 0 radical (unpaired) electrons. The molecule has 0 aliphatic rings. The third-order valence-corrected chi connectivity index (χ3v) is 6.92. The van der Waals surface area contributed by atoms with Gasteiger partial charge in [-0.1, -0.05) is 39.8 Å². The monoisotopic (exact) mass is 281 g/mol. The van der Waals surface area contributed by atoms with Crippen LogP contribution < -0.4 is 5.73 Å². The molecule has 0 saturated carbocycles. The summed E-state index contributed by atoms with van der Waals surface area (Å²) >= 11 is 0. The number of hydrogen-bond donors (Lipinski definition) is 4. The van der Waals surface area contributed by atoms with Crippen molar-refractivity contribution in [3.05, 3.63) is 30.3 Å². The first-order valence-corrected chi connectivity index (χ1v) is 8.01. The fourth-order valence-electron chi connectivity index (χ4n) is 0.763. The van der Waals surface area contributed by atoms with Gasteiger partial charge in [0.15, 0.2) is 4.61 Å². The van der Waals surface area contributed by atoms with Gasteiger partial charge in [0.05, 0.1) is 6.61 Å². The number of aliphatic hydroxyl groups excluding tert-OH is 1. The van der Waals surface area contributed by atoms with Crippen LogP contribution in [0.4, 0.5) is 0 Å². The standard InChI is InChI=1S/C8H12NO4PS2/c9-8(6-10,14(11,12)13)16-15-7-4-2-1-3-5-7/h1-5,10H,6,9H2,(H2,11,12,13). The maximum Gasteiger partial charge on any atom is 0.358 e. The molecule has 1 rings (SSSR count). The van der Waals surface area contributed by atoms with E-state index in [2.05, 4.69) is 0 Å². The Kier molecular flexibility index (Phi) is 4.88. The van der Waals surface area contributed by atoms with Gasteiger partial charge in [-0.2, -0.15) is 0 Å². The summed E-state index contributed by atoms with van der Waals surface area (Å²) in [5, 5.41) is 8.95. The van der Waals surface area contributed by atoms with Gasteiger partial charge in [-0.15, -0.1) is 0 Å². The zero-order valence-corrected chi connectivity index (χ0v) is 10.7. The summed E-state index contributed by atoms with van der Waals surface area (Å²) in [6.07, 6.45) is 0. The molecule has 1 unspecified atom stereocenters. The molecule has 0 aromatic heterocycles. The summed E-state index contributed by atoms with van der Waals surface area (Å²) in [6.45, 7) is -0.790. The molecule has 0 fully saturated rings. The van der Waals surface area contributed by atoms with Crippen molar-refractivity contribution in [2.45, 2.75) is 9.51 Å². The van der Waals surface area contributed by atoms with Crippen LogP contribution in [-0.2, 0) is 4.57 Å². The lowest BCUT2D eigenvalue weighted by molar-refractivity contribution is 0.255. The van der Waals surface area contributed by atoms with Crippen molar-refractivity contribution in [2.75, 3.05) is 6.61 Å². The summed E-state index contributed by atoms with van der Waals surface area (Å²) in [4.78, 5) is 18.8. The molecular formula is C8H12NO4PS2. The largest absolute Gasteiger partial charge is 0.393 e. The fraction of sp³-hybridized carbons (Fsp3) is 0.250. The van der Waals surface area contributed by atoms with Gasteiger partial charge < -0.3 is 20.6 Å². The molecule has 16 heavy (non-hydrogen) atoms. The third kappa shape index (κ3) is 3.49. The minimum atomic E-state index is -4.55. The molecule has 1 atom stereocenters. The Morgan fingerprint density at radius 3 is 2.31 bits per heavy atom. The molecule has 0 aliphatic heterocycles. The van der Waals surface area contributed by atoms with Crippen LogP contribution in [-0.4, -0.2) is 26.1 Å². The summed E-state index contributed by atoms with van der Waals surface area (Å²) < 4.78 is 9.12. The molecule has 0 heterocycles. The highest BCUT2D eigenvalue weighted by molar-refractivity contribution is 8.78. The lowest BCUT2D eigenvalue weighted by Crippen LogP contribution is -2.38. The van der Waals surface area contributed by atoms with Crippen molar-refractivity contribution in [1.29, 1.82) is 0 Å². The molecule has 0 saturated heterocycles. The zero-order chi connectivity index (χ0) is 12.2. The number of rotatable bonds is 5. The van der Waals surface area contributed by atoms with E-state index < -0.39 is 18.8 Å². The average molecular weight is 281 g/mol. The van der Waals surface area contributed by atoms with Crippen LogP contribution in [0, 0.1) is 0 Å². The number of benzene rings is 1. The first kappa shape index (κ1) is 14.1. The Morgan fingerprint density at radius 2 is 1.88 bits per heavy atom. The van der Waals surface area contributed by atoms with Gasteiger partial charge >= 0.3 is 7.60 Å². The van der Waals surface area contributed by atoms with Crippen LogP contribution in [0.2, 0.25) is 0 Å². The smallest absolute Gasteiger partial charge is 0.358 e. The minimum Gasteiger partial charge on any atom is -0.393 e. The van der Waals surface area contributed by atoms with Crippen molar-refractivity contribution in [3.63, 3.8) is 0 Å². The SMILES string of the molecule is NC(CO)(SSc1ccccc1)P(=O)(O)O. The topological polar surface area (TPSA) is 104 Å². The van der Waals surface area contributed by atoms with E-state index in [4.69, 9.17) is 20.6 Å². The second-order valence-corrected chi connectivity index (χ2v) is 7.75. The van der Waals surface area contributed by atoms with Crippen LogP contribution in [0.25, 0.3) is 0 Å². The molecule has 5 nitrogen and oxygen atoms in total. The van der Waals surface area contributed by atoms with Crippen LogP contribution in [0.1, 0.15) is 0 Å². The van der Waals surface area contributed by atoms with Gasteiger partial charge in [-0.05, 0) is 12.1 Å². The van der Waals surface area contributed by atoms with Crippen LogP contribution >= 0.6 is 29.2 Å². The Hall–Kier alpha value is -0.0100. The van der Waals surface area contributed by atoms with E-state index in [0.29, 0.717) is 0 Å². The number of aliphatic hydroxyl groups is 1. The van der Waals surface area contributed by atoms with Crippen LogP contribution in [0.3, 0.4) is 0 Å². The number of hydrogen-bond acceptors (Lipinski definition) is 5. The molecule has 0 aliphatic carbocycles. The van der Waals surface area contributed by atoms with E-state index in [0.717, 1.165) is 26.5 Å². The van der Waals surface area contributed by atoms with Gasteiger partial charge in [0.1, 0.15) is 0 Å². The Balaban J connectivity index is 2.70. The molecule has 1 aromatic carbocycles. The van der Waals surface area contributed by atoms with Gasteiger partial charge in [-0.25, -0.2) is 0 Å². The van der Waals surface area contributed by atoms with Crippen molar-refractivity contribution < 1.29 is 19.5 Å². The van der Waals surface area contributed by atoms with Crippen molar-refractivity contribution in [3.8, 4) is 0 Å². The first-order valence-electron chi connectivity index (χ1n) is 4.25. The van der Waals surface area contributed by atoms with Gasteiger partial charge in [-0.3, -0.25) is 4.57 Å². The summed E-state index contributed by atoms with van der Waals surface area (Å²) in [5.41, 5.74) is 5.45. The molecule has 0 spiro atoms. The molecule has 1 aromatic rings. The van der Waals surface area contributed by atoms with Crippen molar-refractivity contribution in [1.82, 2.24) is 0 Å². The van der Waals surface area contributed by atoms with E-state index in [1.807, 2.05) is 6.07 Å². The third-order valence-electron chi connectivity index (χ3n) is 1.75. The second-order valence-electron chi connectivity index (χ2n) is 3.03. The second kappa shape index (κ2) is 5.55.